The summed E-state index contributed by atoms with van der Waals surface area (Å²) >= 11 is 0. The molecule has 3 atom stereocenters. The number of aromatic nitrogens is 2. The summed E-state index contributed by atoms with van der Waals surface area (Å²) in [6, 6.07) is 0. The Morgan fingerprint density at radius 1 is 1.25 bits per heavy atom. The molecule has 1 fully saturated rings. The van der Waals surface area contributed by atoms with Crippen LogP contribution >= 0.6 is 0 Å². The zero-order chi connectivity index (χ0) is 23.3. The van der Waals surface area contributed by atoms with Gasteiger partial charge in [-0.15, -0.1) is 0 Å². The standard InChI is InChI=1S/C20H22N2O10/c1-3-6-28-15(23)7-20(18(26)30-11-31-20)8-16(24)29-10-13-4-5-14(32-13)22-9-12(2)17(25)21-19(22)27/h3-5,9,13-14H,1,6-8,10-11H2,2H3,(H,21,25,27). The van der Waals surface area contributed by atoms with E-state index in [9.17, 15) is 24.0 Å². The van der Waals surface area contributed by atoms with Crippen LogP contribution in [0.15, 0.2) is 40.6 Å². The number of nitrogens with one attached hydrogen (secondary N) is 1. The molecule has 0 amide bonds. The summed E-state index contributed by atoms with van der Waals surface area (Å²) in [6.45, 7) is 4.30. The van der Waals surface area contributed by atoms with E-state index in [1.807, 2.05) is 0 Å². The Morgan fingerprint density at radius 3 is 2.62 bits per heavy atom. The second-order valence-corrected chi connectivity index (χ2v) is 7.13. The maximum atomic E-state index is 12.3. The van der Waals surface area contributed by atoms with Crippen LogP contribution in [0.5, 0.6) is 0 Å². The van der Waals surface area contributed by atoms with Gasteiger partial charge in [-0.2, -0.15) is 0 Å². The predicted octanol–water partition coefficient (Wildman–Crippen LogP) is -0.379. The van der Waals surface area contributed by atoms with Gasteiger partial charge in [-0.1, -0.05) is 18.7 Å². The summed E-state index contributed by atoms with van der Waals surface area (Å²) in [6.07, 6.45) is 3.34. The van der Waals surface area contributed by atoms with E-state index in [0.29, 0.717) is 5.56 Å². The molecule has 1 aromatic heterocycles. The topological polar surface area (TPSA) is 152 Å². The van der Waals surface area contributed by atoms with Crippen molar-refractivity contribution in [3.05, 3.63) is 57.4 Å². The quantitative estimate of drug-likeness (QED) is 0.299. The highest BCUT2D eigenvalue weighted by Gasteiger charge is 2.50. The van der Waals surface area contributed by atoms with Crippen LogP contribution in [0.4, 0.5) is 0 Å². The Labute approximate surface area is 181 Å². The Bertz CT molecular complexity index is 1060. The zero-order valence-corrected chi connectivity index (χ0v) is 17.2. The molecule has 2 aliphatic rings. The summed E-state index contributed by atoms with van der Waals surface area (Å²) in [4.78, 5) is 62.0. The highest BCUT2D eigenvalue weighted by Crippen LogP contribution is 2.29. The SMILES string of the molecule is C=CCOC(=O)CC1(CC(=O)OCC2C=CC(n3cc(C)c(=O)[nH]c3=O)O2)OCOC1=O. The number of aromatic amines is 1. The second kappa shape index (κ2) is 9.75. The van der Waals surface area contributed by atoms with Crippen LogP contribution in [0.1, 0.15) is 24.6 Å². The minimum Gasteiger partial charge on any atom is -0.462 e. The van der Waals surface area contributed by atoms with Gasteiger partial charge in [-0.05, 0) is 13.0 Å². The molecule has 3 rings (SSSR count). The number of H-pyrrole nitrogens is 1. The Kier molecular flexibility index (Phi) is 7.05. The third kappa shape index (κ3) is 5.21. The fourth-order valence-electron chi connectivity index (χ4n) is 3.11. The van der Waals surface area contributed by atoms with Gasteiger partial charge in [0.15, 0.2) is 18.6 Å². The molecule has 12 heteroatoms. The average Bonchev–Trinajstić information content (AvgIpc) is 3.35. The van der Waals surface area contributed by atoms with Crippen LogP contribution in [-0.2, 0) is 38.1 Å². The number of carbonyl (C=O) groups excluding carboxylic acids is 3. The normalized spacial score (nSPS) is 24.2. The van der Waals surface area contributed by atoms with Crippen LogP contribution in [0.25, 0.3) is 0 Å². The van der Waals surface area contributed by atoms with Gasteiger partial charge in [0, 0.05) is 11.8 Å². The van der Waals surface area contributed by atoms with E-state index in [2.05, 4.69) is 11.6 Å². The van der Waals surface area contributed by atoms with Crippen molar-refractivity contribution < 1.29 is 38.1 Å². The van der Waals surface area contributed by atoms with Crippen molar-refractivity contribution in [2.75, 3.05) is 20.0 Å². The molecule has 12 nitrogen and oxygen atoms in total. The van der Waals surface area contributed by atoms with E-state index in [1.54, 1.807) is 19.1 Å². The van der Waals surface area contributed by atoms with Gasteiger partial charge in [-0.3, -0.25) is 23.9 Å². The number of hydrogen-bond donors (Lipinski definition) is 1. The third-order valence-electron chi connectivity index (χ3n) is 4.75. The third-order valence-corrected chi connectivity index (χ3v) is 4.75. The molecule has 1 saturated heterocycles. The molecule has 0 saturated carbocycles. The summed E-state index contributed by atoms with van der Waals surface area (Å²) in [5, 5.41) is 0. The molecule has 1 aromatic rings. The van der Waals surface area contributed by atoms with E-state index in [4.69, 9.17) is 23.7 Å². The van der Waals surface area contributed by atoms with Gasteiger partial charge in [0.25, 0.3) is 5.56 Å². The van der Waals surface area contributed by atoms with E-state index in [1.165, 1.54) is 16.8 Å². The Hall–Kier alpha value is -3.51. The van der Waals surface area contributed by atoms with E-state index < -0.39 is 66.7 Å². The lowest BCUT2D eigenvalue weighted by Gasteiger charge is -2.22. The van der Waals surface area contributed by atoms with Crippen molar-refractivity contribution in [2.45, 2.75) is 37.7 Å². The number of ether oxygens (including phenoxy) is 5. The minimum absolute atomic E-state index is 0.0567. The van der Waals surface area contributed by atoms with Crippen molar-refractivity contribution >= 4 is 17.9 Å². The van der Waals surface area contributed by atoms with Crippen molar-refractivity contribution in [1.29, 1.82) is 0 Å². The first-order valence-corrected chi connectivity index (χ1v) is 9.63. The maximum Gasteiger partial charge on any atom is 0.341 e. The van der Waals surface area contributed by atoms with Crippen molar-refractivity contribution in [1.82, 2.24) is 9.55 Å². The fraction of sp³-hybridized carbons (Fsp3) is 0.450. The van der Waals surface area contributed by atoms with Gasteiger partial charge in [0.05, 0.1) is 12.8 Å². The maximum absolute atomic E-state index is 12.3. The van der Waals surface area contributed by atoms with Crippen molar-refractivity contribution in [3.8, 4) is 0 Å². The van der Waals surface area contributed by atoms with Crippen LogP contribution in [0.2, 0.25) is 0 Å². The van der Waals surface area contributed by atoms with Crippen LogP contribution in [0, 0.1) is 6.92 Å². The van der Waals surface area contributed by atoms with E-state index >= 15 is 0 Å². The number of carbonyl (C=O) groups is 3. The van der Waals surface area contributed by atoms with Gasteiger partial charge in [0.1, 0.15) is 19.3 Å². The number of aryl methyl sites for hydroxylation is 1. The highest BCUT2D eigenvalue weighted by atomic mass is 16.7. The number of nitrogens with zero attached hydrogens (tertiary/aromatic N) is 1. The van der Waals surface area contributed by atoms with Gasteiger partial charge in [-0.25, -0.2) is 9.59 Å². The Morgan fingerprint density at radius 2 is 1.97 bits per heavy atom. The van der Waals surface area contributed by atoms with Gasteiger partial charge < -0.3 is 23.7 Å². The molecule has 0 spiro atoms. The summed E-state index contributed by atoms with van der Waals surface area (Å²) < 4.78 is 26.9. The second-order valence-electron chi connectivity index (χ2n) is 7.13. The smallest absolute Gasteiger partial charge is 0.341 e. The molecular formula is C20H22N2O10. The Balaban J connectivity index is 1.56. The molecule has 2 aliphatic heterocycles. The first-order valence-electron chi connectivity index (χ1n) is 9.63. The molecule has 3 heterocycles. The monoisotopic (exact) mass is 450 g/mol. The lowest BCUT2D eigenvalue weighted by atomic mass is 9.96. The molecule has 172 valence electrons. The van der Waals surface area contributed by atoms with Crippen LogP contribution in [0.3, 0.4) is 0 Å². The number of hydrogen-bond acceptors (Lipinski definition) is 10. The first-order chi connectivity index (χ1) is 15.2. The molecular weight excluding hydrogens is 428 g/mol. The zero-order valence-electron chi connectivity index (χ0n) is 17.2. The molecule has 0 radical (unpaired) electrons. The predicted molar refractivity (Wildman–Crippen MR) is 105 cm³/mol. The summed E-state index contributed by atoms with van der Waals surface area (Å²) in [5.74, 6) is -2.45. The lowest BCUT2D eigenvalue weighted by Crippen LogP contribution is -2.42. The highest BCUT2D eigenvalue weighted by molar-refractivity contribution is 5.91. The van der Waals surface area contributed by atoms with Crippen molar-refractivity contribution in [3.63, 3.8) is 0 Å². The number of rotatable bonds is 9. The van der Waals surface area contributed by atoms with Gasteiger partial charge in [0.2, 0.25) is 0 Å². The number of cyclic esters (lactones) is 1. The van der Waals surface area contributed by atoms with Crippen LogP contribution in [-0.4, -0.2) is 59.2 Å². The van der Waals surface area contributed by atoms with E-state index in [-0.39, 0.29) is 13.2 Å². The first kappa shape index (κ1) is 23.2. The summed E-state index contributed by atoms with van der Waals surface area (Å²) in [5.41, 5.74) is -2.63. The van der Waals surface area contributed by atoms with Crippen molar-refractivity contribution in [2.24, 2.45) is 0 Å². The fourth-order valence-corrected chi connectivity index (χ4v) is 3.11. The molecule has 0 aromatic carbocycles. The summed E-state index contributed by atoms with van der Waals surface area (Å²) in [7, 11) is 0. The minimum atomic E-state index is -1.83. The molecule has 3 unspecified atom stereocenters. The molecule has 0 bridgehead atoms. The average molecular weight is 450 g/mol. The van der Waals surface area contributed by atoms with Gasteiger partial charge >= 0.3 is 23.6 Å². The lowest BCUT2D eigenvalue weighted by molar-refractivity contribution is -0.163. The molecule has 32 heavy (non-hydrogen) atoms. The number of esters is 3. The molecule has 0 aliphatic carbocycles. The largest absolute Gasteiger partial charge is 0.462 e. The van der Waals surface area contributed by atoms with E-state index in [0.717, 1.165) is 0 Å². The van der Waals surface area contributed by atoms with Crippen LogP contribution < -0.4 is 11.2 Å². The molecule has 1 N–H and O–H groups in total.